The van der Waals surface area contributed by atoms with Crippen molar-refractivity contribution in [2.75, 3.05) is 33.4 Å². The monoisotopic (exact) mass is 335 g/mol. The highest BCUT2D eigenvalue weighted by Gasteiger charge is 2.42. The molecule has 2 rings (SSSR count). The predicted octanol–water partition coefficient (Wildman–Crippen LogP) is 3.43. The molecule has 0 amide bonds. The van der Waals surface area contributed by atoms with Crippen LogP contribution in [0.3, 0.4) is 0 Å². The van der Waals surface area contributed by atoms with Crippen LogP contribution in [0.2, 0.25) is 0 Å². The van der Waals surface area contributed by atoms with Crippen LogP contribution in [0.4, 0.5) is 4.39 Å². The molecule has 5 heteroatoms. The van der Waals surface area contributed by atoms with E-state index in [4.69, 9.17) is 9.73 Å². The van der Waals surface area contributed by atoms with Gasteiger partial charge in [-0.3, -0.25) is 4.99 Å². The zero-order chi connectivity index (χ0) is 17.4. The lowest BCUT2D eigenvalue weighted by atomic mass is 10.0. The molecule has 1 aromatic rings. The summed E-state index contributed by atoms with van der Waals surface area (Å²) in [6.45, 7) is 7.97. The van der Waals surface area contributed by atoms with E-state index in [-0.39, 0.29) is 5.82 Å². The van der Waals surface area contributed by atoms with E-state index in [2.05, 4.69) is 17.1 Å². The molecule has 0 radical (unpaired) electrons. The van der Waals surface area contributed by atoms with Gasteiger partial charge in [-0.05, 0) is 56.2 Å². The van der Waals surface area contributed by atoms with Crippen molar-refractivity contribution in [2.45, 2.75) is 39.7 Å². The Hall–Kier alpha value is -1.62. The second kappa shape index (κ2) is 9.02. The van der Waals surface area contributed by atoms with Crippen molar-refractivity contribution in [3.63, 3.8) is 0 Å². The maximum Gasteiger partial charge on any atom is 0.193 e. The number of halogens is 1. The summed E-state index contributed by atoms with van der Waals surface area (Å²) in [5.41, 5.74) is 1.27. The van der Waals surface area contributed by atoms with Crippen LogP contribution >= 0.6 is 0 Å². The summed E-state index contributed by atoms with van der Waals surface area (Å²) in [6.07, 6.45) is 3.55. The molecule has 1 aliphatic carbocycles. The molecule has 134 valence electrons. The molecule has 0 unspecified atom stereocenters. The predicted molar refractivity (Wildman–Crippen MR) is 96.6 cm³/mol. The summed E-state index contributed by atoms with van der Waals surface area (Å²) in [4.78, 5) is 6.88. The van der Waals surface area contributed by atoms with Gasteiger partial charge in [-0.25, -0.2) is 4.39 Å². The van der Waals surface area contributed by atoms with E-state index < -0.39 is 0 Å². The van der Waals surface area contributed by atoms with E-state index in [1.54, 1.807) is 12.1 Å². The third-order valence-corrected chi connectivity index (χ3v) is 4.51. The smallest absolute Gasteiger partial charge is 0.193 e. The Morgan fingerprint density at radius 2 is 2.17 bits per heavy atom. The van der Waals surface area contributed by atoms with E-state index in [0.29, 0.717) is 12.0 Å². The van der Waals surface area contributed by atoms with Gasteiger partial charge in [0.15, 0.2) is 5.96 Å². The van der Waals surface area contributed by atoms with Crippen LogP contribution in [-0.2, 0) is 11.3 Å². The SMILES string of the molecule is CCNC(=NCC1(CCOCC)CC1)N(C)Cc1cccc(F)c1. The first-order chi connectivity index (χ1) is 11.6. The molecular formula is C19H30FN3O. The minimum Gasteiger partial charge on any atom is -0.382 e. The maximum absolute atomic E-state index is 13.4. The summed E-state index contributed by atoms with van der Waals surface area (Å²) in [7, 11) is 1.99. The zero-order valence-electron chi connectivity index (χ0n) is 15.1. The van der Waals surface area contributed by atoms with Gasteiger partial charge in [0.25, 0.3) is 0 Å². The zero-order valence-corrected chi connectivity index (χ0v) is 15.1. The van der Waals surface area contributed by atoms with Crippen LogP contribution in [0, 0.1) is 11.2 Å². The molecular weight excluding hydrogens is 305 g/mol. The first-order valence-electron chi connectivity index (χ1n) is 8.90. The van der Waals surface area contributed by atoms with Gasteiger partial charge in [0.2, 0.25) is 0 Å². The number of guanidine groups is 1. The fraction of sp³-hybridized carbons (Fsp3) is 0.632. The Morgan fingerprint density at radius 3 is 2.79 bits per heavy atom. The summed E-state index contributed by atoms with van der Waals surface area (Å²) >= 11 is 0. The third-order valence-electron chi connectivity index (χ3n) is 4.51. The molecule has 0 aliphatic heterocycles. The van der Waals surface area contributed by atoms with E-state index in [0.717, 1.165) is 44.2 Å². The van der Waals surface area contributed by atoms with Crippen LogP contribution in [-0.4, -0.2) is 44.2 Å². The number of aliphatic imine (C=N–C) groups is 1. The summed E-state index contributed by atoms with van der Waals surface area (Å²) in [5, 5.41) is 3.34. The van der Waals surface area contributed by atoms with Crippen molar-refractivity contribution in [2.24, 2.45) is 10.4 Å². The fourth-order valence-electron chi connectivity index (χ4n) is 2.79. The molecule has 24 heavy (non-hydrogen) atoms. The van der Waals surface area contributed by atoms with Gasteiger partial charge in [0.05, 0.1) is 0 Å². The van der Waals surface area contributed by atoms with E-state index in [1.165, 1.54) is 18.9 Å². The molecule has 1 saturated carbocycles. The van der Waals surface area contributed by atoms with Crippen molar-refractivity contribution in [3.8, 4) is 0 Å². The molecule has 1 fully saturated rings. The fourth-order valence-corrected chi connectivity index (χ4v) is 2.79. The quantitative estimate of drug-likeness (QED) is 0.427. The van der Waals surface area contributed by atoms with Crippen molar-refractivity contribution < 1.29 is 9.13 Å². The Morgan fingerprint density at radius 1 is 1.38 bits per heavy atom. The number of nitrogens with one attached hydrogen (secondary N) is 1. The van der Waals surface area contributed by atoms with Gasteiger partial charge in [0, 0.05) is 39.9 Å². The van der Waals surface area contributed by atoms with Gasteiger partial charge < -0.3 is 15.0 Å². The van der Waals surface area contributed by atoms with E-state index in [9.17, 15) is 4.39 Å². The van der Waals surface area contributed by atoms with Gasteiger partial charge in [-0.2, -0.15) is 0 Å². The lowest BCUT2D eigenvalue weighted by Gasteiger charge is -2.23. The molecule has 0 heterocycles. The molecule has 1 N–H and O–H groups in total. The second-order valence-electron chi connectivity index (χ2n) is 6.60. The Kier molecular flexibility index (Phi) is 7.03. The molecule has 1 aliphatic rings. The average molecular weight is 335 g/mol. The Balaban J connectivity index is 1.94. The first-order valence-corrected chi connectivity index (χ1v) is 8.90. The molecule has 0 bridgehead atoms. The number of rotatable bonds is 9. The van der Waals surface area contributed by atoms with Crippen molar-refractivity contribution in [1.82, 2.24) is 10.2 Å². The van der Waals surface area contributed by atoms with Gasteiger partial charge in [0.1, 0.15) is 5.82 Å². The molecule has 1 aromatic carbocycles. The highest BCUT2D eigenvalue weighted by molar-refractivity contribution is 5.79. The molecule has 0 saturated heterocycles. The van der Waals surface area contributed by atoms with Crippen molar-refractivity contribution >= 4 is 5.96 Å². The third kappa shape index (κ3) is 5.78. The Labute approximate surface area is 145 Å². The summed E-state index contributed by atoms with van der Waals surface area (Å²) < 4.78 is 18.8. The molecule has 0 aromatic heterocycles. The highest BCUT2D eigenvalue weighted by atomic mass is 19.1. The lowest BCUT2D eigenvalue weighted by Crippen LogP contribution is -2.39. The van der Waals surface area contributed by atoms with E-state index in [1.807, 2.05) is 20.0 Å². The van der Waals surface area contributed by atoms with Gasteiger partial charge >= 0.3 is 0 Å². The standard InChI is InChI=1S/C19H30FN3O/c1-4-21-18(22-15-19(9-10-19)11-12-24-5-2)23(3)14-16-7-6-8-17(20)13-16/h6-8,13H,4-5,9-12,14-15H2,1-3H3,(H,21,22). The molecule has 0 spiro atoms. The minimum absolute atomic E-state index is 0.198. The summed E-state index contributed by atoms with van der Waals surface area (Å²) in [5.74, 6) is 0.681. The summed E-state index contributed by atoms with van der Waals surface area (Å²) in [6, 6.07) is 6.73. The number of nitrogens with zero attached hydrogens (tertiary/aromatic N) is 2. The highest BCUT2D eigenvalue weighted by Crippen LogP contribution is 2.49. The van der Waals surface area contributed by atoms with Crippen LogP contribution < -0.4 is 5.32 Å². The van der Waals surface area contributed by atoms with Crippen LogP contribution in [0.1, 0.15) is 38.7 Å². The average Bonchev–Trinajstić information content (AvgIpc) is 3.32. The maximum atomic E-state index is 13.4. The second-order valence-corrected chi connectivity index (χ2v) is 6.60. The van der Waals surface area contributed by atoms with Crippen molar-refractivity contribution in [3.05, 3.63) is 35.6 Å². The van der Waals surface area contributed by atoms with E-state index >= 15 is 0 Å². The van der Waals surface area contributed by atoms with Gasteiger partial charge in [-0.15, -0.1) is 0 Å². The topological polar surface area (TPSA) is 36.9 Å². The van der Waals surface area contributed by atoms with Crippen molar-refractivity contribution in [1.29, 1.82) is 0 Å². The number of benzene rings is 1. The number of hydrogen-bond donors (Lipinski definition) is 1. The largest absolute Gasteiger partial charge is 0.382 e. The normalized spacial score (nSPS) is 16.1. The van der Waals surface area contributed by atoms with Gasteiger partial charge in [-0.1, -0.05) is 12.1 Å². The lowest BCUT2D eigenvalue weighted by molar-refractivity contribution is 0.129. The first kappa shape index (κ1) is 18.7. The molecule has 4 nitrogen and oxygen atoms in total. The molecule has 0 atom stereocenters. The van der Waals surface area contributed by atoms with Crippen LogP contribution in [0.15, 0.2) is 29.3 Å². The minimum atomic E-state index is -0.198. The Bertz CT molecular complexity index is 543. The number of hydrogen-bond acceptors (Lipinski definition) is 2. The van der Waals surface area contributed by atoms with Crippen LogP contribution in [0.5, 0.6) is 0 Å². The van der Waals surface area contributed by atoms with Crippen LogP contribution in [0.25, 0.3) is 0 Å². The number of ether oxygens (including phenoxy) is 1.